The number of ether oxygens (including phenoxy) is 4. The Morgan fingerprint density at radius 1 is 0.373 bits per heavy atom. The van der Waals surface area contributed by atoms with E-state index in [1.165, 1.54) is 109 Å². The SMILES string of the molecule is CC/C=C\C/C=C\C/C=C\C/C=C\C/C=C\C/C=C\C/C=C\C/C=C\C/C=C\CCCCCCCC(=O)OC(COC(=O)CCCCCCCCCCCCCCC/C=C\C/C=C\CCCCCCC)COC(OCC[N+](C)(C)C)C(=O)O. The van der Waals surface area contributed by atoms with Gasteiger partial charge in [0.1, 0.15) is 13.2 Å². The van der Waals surface area contributed by atoms with Crippen molar-refractivity contribution < 1.29 is 42.9 Å². The van der Waals surface area contributed by atoms with Crippen LogP contribution in [0.2, 0.25) is 0 Å². The summed E-state index contributed by atoms with van der Waals surface area (Å²) in [6, 6.07) is 0. The maximum Gasteiger partial charge on any atom is 0.361 e. The number of rotatable bonds is 60. The molecule has 9 heteroatoms. The van der Waals surface area contributed by atoms with Crippen molar-refractivity contribution in [2.45, 2.75) is 270 Å². The van der Waals surface area contributed by atoms with Crippen molar-refractivity contribution >= 4 is 17.9 Å². The second-order valence-corrected chi connectivity index (χ2v) is 23.0. The molecule has 0 spiro atoms. The van der Waals surface area contributed by atoms with Gasteiger partial charge in [0.25, 0.3) is 6.29 Å². The number of carboxylic acids is 1. The molecule has 0 fully saturated rings. The lowest BCUT2D eigenvalue weighted by Crippen LogP contribution is -2.40. The smallest absolute Gasteiger partial charge is 0.361 e. The van der Waals surface area contributed by atoms with Gasteiger partial charge in [0.15, 0.2) is 6.10 Å². The molecule has 0 aliphatic rings. The maximum atomic E-state index is 12.9. The summed E-state index contributed by atoms with van der Waals surface area (Å²) in [6.07, 6.45) is 88.3. The third kappa shape index (κ3) is 64.8. The molecule has 0 heterocycles. The van der Waals surface area contributed by atoms with Gasteiger partial charge in [-0.3, -0.25) is 9.59 Å². The van der Waals surface area contributed by atoms with E-state index in [-0.39, 0.29) is 32.2 Å². The minimum Gasteiger partial charge on any atom is -0.477 e. The van der Waals surface area contributed by atoms with Crippen LogP contribution in [0.3, 0.4) is 0 Å². The number of carboxylic acid groups (broad SMARTS) is 1. The Balaban J connectivity index is 4.26. The highest BCUT2D eigenvalue weighted by Crippen LogP contribution is 2.16. The number of unbranched alkanes of at least 4 members (excludes halogenated alkanes) is 23. The predicted octanol–water partition coefficient (Wildman–Crippen LogP) is 20.6. The Kier molecular flexibility index (Phi) is 60.0. The lowest BCUT2D eigenvalue weighted by atomic mass is 10.0. The van der Waals surface area contributed by atoms with Crippen LogP contribution in [0.1, 0.15) is 258 Å². The van der Waals surface area contributed by atoms with Crippen LogP contribution in [-0.2, 0) is 33.3 Å². The Labute approximate surface area is 509 Å². The number of quaternary nitrogens is 1. The summed E-state index contributed by atoms with van der Waals surface area (Å²) in [5.41, 5.74) is 0. The molecular formula is C74H124NO8+. The lowest BCUT2D eigenvalue weighted by molar-refractivity contribution is -0.870. The van der Waals surface area contributed by atoms with Gasteiger partial charge in [-0.05, 0) is 116 Å². The molecule has 0 aliphatic carbocycles. The molecule has 0 saturated heterocycles. The van der Waals surface area contributed by atoms with Crippen molar-refractivity contribution in [2.24, 2.45) is 0 Å². The standard InChI is InChI=1S/C74H123NO8/c1-6-8-10-12-14-16-18-20-22-24-26-28-30-32-33-34-35-36-37-38-39-41-43-45-47-49-51-53-55-57-59-61-63-65-72(77)83-70(69-82-74(73(78)79)80-67-66-75(3,4)5)68-81-71(76)64-62-60-58-56-54-52-50-48-46-44-42-40-31-29-27-25-23-21-19-17-15-13-11-9-7-2/h8,10,14,16,19-22,25-28,32-33,35-36,38-39,43,45,49,51,70,74H,6-7,9,11-13,15,17-18,23-24,29-31,34,37,40-42,44,46-48,50,52-69H2,1-5H3/p+1/b10-8-,16-14-,21-19-,22-20-,27-25-,28-26-,33-32-,36-35-,39-38-,45-43-,51-49-. The summed E-state index contributed by atoms with van der Waals surface area (Å²) in [6.45, 7) is 4.73. The fraction of sp³-hybridized carbons (Fsp3) is 0.662. The van der Waals surface area contributed by atoms with Crippen molar-refractivity contribution in [3.63, 3.8) is 0 Å². The number of hydrogen-bond acceptors (Lipinski definition) is 7. The van der Waals surface area contributed by atoms with Crippen molar-refractivity contribution in [3.05, 3.63) is 134 Å². The zero-order chi connectivity index (χ0) is 60.5. The summed E-state index contributed by atoms with van der Waals surface area (Å²) in [5, 5.41) is 9.74. The first-order chi connectivity index (χ1) is 40.6. The van der Waals surface area contributed by atoms with Crippen LogP contribution in [0.5, 0.6) is 0 Å². The van der Waals surface area contributed by atoms with Crippen molar-refractivity contribution in [3.8, 4) is 0 Å². The van der Waals surface area contributed by atoms with E-state index in [0.29, 0.717) is 23.9 Å². The molecule has 472 valence electrons. The van der Waals surface area contributed by atoms with E-state index in [1.807, 2.05) is 21.1 Å². The van der Waals surface area contributed by atoms with Crippen LogP contribution < -0.4 is 0 Å². The number of likely N-dealkylation sites (N-methyl/N-ethyl adjacent to an activating group) is 1. The Bertz CT molecular complexity index is 1820. The van der Waals surface area contributed by atoms with E-state index in [2.05, 4.69) is 148 Å². The van der Waals surface area contributed by atoms with Crippen LogP contribution in [-0.4, -0.2) is 87.4 Å². The molecule has 0 saturated carbocycles. The number of hydrogen-bond donors (Lipinski definition) is 1. The first kappa shape index (κ1) is 78.4. The molecule has 0 aliphatic heterocycles. The lowest BCUT2D eigenvalue weighted by Gasteiger charge is -2.25. The first-order valence-electron chi connectivity index (χ1n) is 33.3. The van der Waals surface area contributed by atoms with Gasteiger partial charge in [0.05, 0.1) is 34.4 Å². The fourth-order valence-corrected chi connectivity index (χ4v) is 8.80. The maximum absolute atomic E-state index is 12.9. The molecule has 0 rings (SSSR count). The van der Waals surface area contributed by atoms with Crippen molar-refractivity contribution in [1.29, 1.82) is 0 Å². The second kappa shape index (κ2) is 63.5. The molecule has 1 N–H and O–H groups in total. The molecule has 0 aromatic heterocycles. The molecule has 9 nitrogen and oxygen atoms in total. The van der Waals surface area contributed by atoms with E-state index in [1.54, 1.807) is 0 Å². The Morgan fingerprint density at radius 2 is 0.687 bits per heavy atom. The zero-order valence-electron chi connectivity index (χ0n) is 53.8. The van der Waals surface area contributed by atoms with Gasteiger partial charge < -0.3 is 28.5 Å². The highest BCUT2D eigenvalue weighted by atomic mass is 16.7. The first-order valence-corrected chi connectivity index (χ1v) is 33.3. The molecule has 0 amide bonds. The van der Waals surface area contributed by atoms with Crippen LogP contribution in [0.25, 0.3) is 0 Å². The fourth-order valence-electron chi connectivity index (χ4n) is 8.80. The predicted molar refractivity (Wildman–Crippen MR) is 354 cm³/mol. The highest BCUT2D eigenvalue weighted by Gasteiger charge is 2.25. The van der Waals surface area contributed by atoms with E-state index < -0.39 is 24.3 Å². The number of carbonyl (C=O) groups is 3. The Hall–Kier alpha value is -4.57. The summed E-state index contributed by atoms with van der Waals surface area (Å²) in [7, 11) is 5.96. The van der Waals surface area contributed by atoms with Crippen LogP contribution in [0.4, 0.5) is 0 Å². The zero-order valence-corrected chi connectivity index (χ0v) is 53.8. The number of esters is 2. The number of aliphatic carboxylic acids is 1. The molecule has 0 aromatic carbocycles. The topological polar surface area (TPSA) is 108 Å². The van der Waals surface area contributed by atoms with E-state index in [0.717, 1.165) is 116 Å². The number of nitrogens with zero attached hydrogens (tertiary/aromatic N) is 1. The van der Waals surface area contributed by atoms with Gasteiger partial charge in [0, 0.05) is 12.8 Å². The molecule has 2 unspecified atom stereocenters. The molecule has 2 atom stereocenters. The number of allylic oxidation sites excluding steroid dienone is 22. The quantitative estimate of drug-likeness (QED) is 0.0211. The van der Waals surface area contributed by atoms with Gasteiger partial charge in [-0.2, -0.15) is 0 Å². The van der Waals surface area contributed by atoms with Gasteiger partial charge in [0.2, 0.25) is 0 Å². The molecule has 0 aromatic rings. The second-order valence-electron chi connectivity index (χ2n) is 23.0. The average Bonchev–Trinajstić information content (AvgIpc) is 3.46. The van der Waals surface area contributed by atoms with Gasteiger partial charge in [-0.1, -0.05) is 263 Å². The molecule has 83 heavy (non-hydrogen) atoms. The summed E-state index contributed by atoms with van der Waals surface area (Å²) in [5.74, 6) is -2.04. The summed E-state index contributed by atoms with van der Waals surface area (Å²) in [4.78, 5) is 37.6. The van der Waals surface area contributed by atoms with Crippen molar-refractivity contribution in [2.75, 3.05) is 47.5 Å². The Morgan fingerprint density at radius 3 is 1.02 bits per heavy atom. The van der Waals surface area contributed by atoms with E-state index >= 15 is 0 Å². The highest BCUT2D eigenvalue weighted by molar-refractivity contribution is 5.71. The minimum absolute atomic E-state index is 0.177. The molecule has 0 radical (unpaired) electrons. The average molecular weight is 1160 g/mol. The normalized spacial score (nSPS) is 13.6. The van der Waals surface area contributed by atoms with Crippen molar-refractivity contribution in [1.82, 2.24) is 0 Å². The third-order valence-corrected chi connectivity index (χ3v) is 13.9. The summed E-state index contributed by atoms with van der Waals surface area (Å²) < 4.78 is 22.9. The van der Waals surface area contributed by atoms with E-state index in [4.69, 9.17) is 18.9 Å². The van der Waals surface area contributed by atoms with Crippen LogP contribution in [0.15, 0.2) is 134 Å². The van der Waals surface area contributed by atoms with E-state index in [9.17, 15) is 19.5 Å². The minimum atomic E-state index is -1.53. The van der Waals surface area contributed by atoms with Gasteiger partial charge >= 0.3 is 17.9 Å². The van der Waals surface area contributed by atoms with Crippen LogP contribution >= 0.6 is 0 Å². The monoisotopic (exact) mass is 1150 g/mol. The third-order valence-electron chi connectivity index (χ3n) is 13.9. The summed E-state index contributed by atoms with van der Waals surface area (Å²) >= 11 is 0. The molecular weight excluding hydrogens is 1030 g/mol. The largest absolute Gasteiger partial charge is 0.477 e. The van der Waals surface area contributed by atoms with Gasteiger partial charge in [-0.15, -0.1) is 0 Å². The number of carbonyl (C=O) groups excluding carboxylic acids is 2. The van der Waals surface area contributed by atoms with Gasteiger partial charge in [-0.25, -0.2) is 4.79 Å². The van der Waals surface area contributed by atoms with Crippen LogP contribution in [0, 0.1) is 0 Å². The molecule has 0 bridgehead atoms.